The third kappa shape index (κ3) is 3.88. The Hall–Kier alpha value is -0.240. The highest BCUT2D eigenvalue weighted by Crippen LogP contribution is 2.33. The van der Waals surface area contributed by atoms with Crippen molar-refractivity contribution >= 4 is 23.2 Å². The van der Waals surface area contributed by atoms with Crippen LogP contribution in [0.15, 0.2) is 18.2 Å². The van der Waals surface area contributed by atoms with E-state index in [1.54, 1.807) is 6.07 Å². The van der Waals surface area contributed by atoms with Crippen LogP contribution in [0.1, 0.15) is 56.6 Å². The minimum atomic E-state index is 0.0397. The Bertz CT molecular complexity index is 384. The van der Waals surface area contributed by atoms with E-state index in [9.17, 15) is 0 Å². The van der Waals surface area contributed by atoms with Gasteiger partial charge in [0.2, 0.25) is 0 Å². The second kappa shape index (κ2) is 6.79. The van der Waals surface area contributed by atoms with E-state index in [4.69, 9.17) is 28.9 Å². The van der Waals surface area contributed by atoms with Crippen molar-refractivity contribution in [3.05, 3.63) is 33.8 Å². The molecule has 100 valence electrons. The van der Waals surface area contributed by atoms with E-state index in [-0.39, 0.29) is 6.04 Å². The summed E-state index contributed by atoms with van der Waals surface area (Å²) in [5, 5.41) is 1.37. The molecule has 1 saturated carbocycles. The quantitative estimate of drug-likeness (QED) is 0.744. The maximum Gasteiger partial charge on any atom is 0.0468 e. The third-order valence-electron chi connectivity index (χ3n) is 3.92. The van der Waals surface area contributed by atoms with Gasteiger partial charge in [-0.2, -0.15) is 0 Å². The Morgan fingerprint density at radius 2 is 1.78 bits per heavy atom. The molecular formula is C15H21Cl2N. The van der Waals surface area contributed by atoms with Crippen LogP contribution < -0.4 is 5.73 Å². The summed E-state index contributed by atoms with van der Waals surface area (Å²) in [6.45, 7) is 0. The third-order valence-corrected chi connectivity index (χ3v) is 4.49. The topological polar surface area (TPSA) is 26.0 Å². The van der Waals surface area contributed by atoms with Crippen molar-refractivity contribution in [2.45, 2.75) is 51.0 Å². The van der Waals surface area contributed by atoms with Gasteiger partial charge in [0.05, 0.1) is 0 Å². The molecule has 1 nitrogen and oxygen atoms in total. The van der Waals surface area contributed by atoms with Crippen molar-refractivity contribution in [2.24, 2.45) is 11.7 Å². The number of nitrogens with two attached hydrogens (primary N) is 1. The van der Waals surface area contributed by atoms with Crippen LogP contribution in [-0.4, -0.2) is 0 Å². The van der Waals surface area contributed by atoms with Gasteiger partial charge in [0.25, 0.3) is 0 Å². The van der Waals surface area contributed by atoms with Gasteiger partial charge in [-0.05, 0) is 30.0 Å². The van der Waals surface area contributed by atoms with Crippen molar-refractivity contribution in [2.75, 3.05) is 0 Å². The molecule has 2 N–H and O–H groups in total. The zero-order chi connectivity index (χ0) is 13.0. The first-order chi connectivity index (χ1) is 8.66. The van der Waals surface area contributed by atoms with Gasteiger partial charge in [-0.15, -0.1) is 0 Å². The number of rotatable bonds is 3. The number of hydrogen-bond acceptors (Lipinski definition) is 1. The molecule has 1 aliphatic carbocycles. The van der Waals surface area contributed by atoms with Crippen LogP contribution in [0.3, 0.4) is 0 Å². The van der Waals surface area contributed by atoms with Crippen LogP contribution in [-0.2, 0) is 0 Å². The minimum Gasteiger partial charge on any atom is -0.324 e. The molecule has 0 aromatic heterocycles. The summed E-state index contributed by atoms with van der Waals surface area (Å²) in [7, 11) is 0. The van der Waals surface area contributed by atoms with Crippen molar-refractivity contribution in [3.63, 3.8) is 0 Å². The first-order valence-corrected chi connectivity index (χ1v) is 7.63. The van der Waals surface area contributed by atoms with E-state index in [1.807, 2.05) is 12.1 Å². The van der Waals surface area contributed by atoms with Crippen LogP contribution >= 0.6 is 23.2 Å². The Kier molecular flexibility index (Phi) is 5.35. The minimum absolute atomic E-state index is 0.0397. The number of benzene rings is 1. The average molecular weight is 286 g/mol. The zero-order valence-corrected chi connectivity index (χ0v) is 12.2. The van der Waals surface area contributed by atoms with E-state index < -0.39 is 0 Å². The molecule has 0 bridgehead atoms. The fourth-order valence-electron chi connectivity index (χ4n) is 2.89. The lowest BCUT2D eigenvalue weighted by atomic mass is 9.90. The first-order valence-electron chi connectivity index (χ1n) is 6.87. The highest BCUT2D eigenvalue weighted by Gasteiger charge is 2.18. The molecule has 1 unspecified atom stereocenters. The molecular weight excluding hydrogens is 265 g/mol. The van der Waals surface area contributed by atoms with Crippen molar-refractivity contribution in [1.29, 1.82) is 0 Å². The molecule has 0 amide bonds. The van der Waals surface area contributed by atoms with Crippen LogP contribution in [0.5, 0.6) is 0 Å². The lowest BCUT2D eigenvalue weighted by molar-refractivity contribution is 0.393. The van der Waals surface area contributed by atoms with Gasteiger partial charge in [-0.1, -0.05) is 67.8 Å². The summed E-state index contributed by atoms with van der Waals surface area (Å²) in [5.41, 5.74) is 7.33. The fraction of sp³-hybridized carbons (Fsp3) is 0.600. The molecule has 2 rings (SSSR count). The number of hydrogen-bond donors (Lipinski definition) is 1. The molecule has 3 heteroatoms. The summed E-state index contributed by atoms with van der Waals surface area (Å²) in [4.78, 5) is 0. The van der Waals surface area contributed by atoms with Crippen molar-refractivity contribution < 1.29 is 0 Å². The Morgan fingerprint density at radius 3 is 2.39 bits per heavy atom. The van der Waals surface area contributed by atoms with Crippen molar-refractivity contribution in [1.82, 2.24) is 0 Å². The maximum atomic E-state index is 6.30. The summed E-state index contributed by atoms with van der Waals surface area (Å²) in [6.07, 6.45) is 9.15. The lowest BCUT2D eigenvalue weighted by Crippen LogP contribution is -2.15. The Balaban J connectivity index is 1.99. The van der Waals surface area contributed by atoms with E-state index in [0.717, 1.165) is 17.9 Å². The molecule has 1 atom stereocenters. The monoisotopic (exact) mass is 285 g/mol. The fourth-order valence-corrected chi connectivity index (χ4v) is 3.44. The molecule has 0 saturated heterocycles. The van der Waals surface area contributed by atoms with Gasteiger partial charge >= 0.3 is 0 Å². The Morgan fingerprint density at radius 1 is 1.11 bits per heavy atom. The summed E-state index contributed by atoms with van der Waals surface area (Å²) in [6, 6.07) is 5.66. The van der Waals surface area contributed by atoms with Gasteiger partial charge in [-0.3, -0.25) is 0 Å². The highest BCUT2D eigenvalue weighted by atomic mass is 35.5. The van der Waals surface area contributed by atoms with Crippen molar-refractivity contribution in [3.8, 4) is 0 Å². The molecule has 0 aliphatic heterocycles. The maximum absolute atomic E-state index is 6.30. The molecule has 0 spiro atoms. The average Bonchev–Trinajstić information content (AvgIpc) is 2.57. The van der Waals surface area contributed by atoms with Crippen LogP contribution in [0.2, 0.25) is 10.0 Å². The van der Waals surface area contributed by atoms with Crippen LogP contribution in [0, 0.1) is 5.92 Å². The molecule has 1 fully saturated rings. The molecule has 18 heavy (non-hydrogen) atoms. The predicted molar refractivity (Wildman–Crippen MR) is 79.2 cm³/mol. The first kappa shape index (κ1) is 14.2. The van der Waals surface area contributed by atoms with Gasteiger partial charge in [-0.25, -0.2) is 0 Å². The lowest BCUT2D eigenvalue weighted by Gasteiger charge is -2.20. The van der Waals surface area contributed by atoms with Gasteiger partial charge in [0.15, 0.2) is 0 Å². The van der Waals surface area contributed by atoms with Gasteiger partial charge < -0.3 is 5.73 Å². The summed E-state index contributed by atoms with van der Waals surface area (Å²) in [5.74, 6) is 0.759. The largest absolute Gasteiger partial charge is 0.324 e. The Labute approximate surface area is 120 Å². The zero-order valence-electron chi connectivity index (χ0n) is 10.7. The van der Waals surface area contributed by atoms with Gasteiger partial charge in [0, 0.05) is 16.1 Å². The normalized spacial score (nSPS) is 19.5. The highest BCUT2D eigenvalue weighted by molar-refractivity contribution is 6.35. The van der Waals surface area contributed by atoms with Crippen LogP contribution in [0.4, 0.5) is 0 Å². The standard InChI is InChI=1S/C15H21Cl2N/c16-12-7-8-13(14(17)10-12)15(18)9-11-5-3-1-2-4-6-11/h7-8,10-11,15H,1-6,9,18H2. The number of halogens is 2. The van der Waals surface area contributed by atoms with E-state index in [1.165, 1.54) is 38.5 Å². The summed E-state index contributed by atoms with van der Waals surface area (Å²) < 4.78 is 0. The summed E-state index contributed by atoms with van der Waals surface area (Å²) >= 11 is 12.1. The molecule has 0 heterocycles. The van der Waals surface area contributed by atoms with E-state index in [0.29, 0.717) is 10.0 Å². The second-order valence-electron chi connectivity index (χ2n) is 5.37. The van der Waals surface area contributed by atoms with Gasteiger partial charge in [0.1, 0.15) is 0 Å². The molecule has 0 radical (unpaired) electrons. The molecule has 1 aromatic carbocycles. The van der Waals surface area contributed by atoms with Crippen LogP contribution in [0.25, 0.3) is 0 Å². The second-order valence-corrected chi connectivity index (χ2v) is 6.21. The molecule has 1 aromatic rings. The van der Waals surface area contributed by atoms with E-state index in [2.05, 4.69) is 0 Å². The molecule has 1 aliphatic rings. The predicted octanol–water partition coefficient (Wildman–Crippen LogP) is 5.35. The smallest absolute Gasteiger partial charge is 0.0468 e. The van der Waals surface area contributed by atoms with E-state index >= 15 is 0 Å². The SMILES string of the molecule is NC(CC1CCCCCC1)c1ccc(Cl)cc1Cl.